The smallest absolute Gasteiger partial charge is 0.267 e. The number of methoxy groups -OCH3 is 1. The molecule has 47 heavy (non-hydrogen) atoms. The third-order valence-corrected chi connectivity index (χ3v) is 9.43. The lowest BCUT2D eigenvalue weighted by Gasteiger charge is -2.37. The van der Waals surface area contributed by atoms with Crippen molar-refractivity contribution in [3.05, 3.63) is 76.9 Å². The number of aromatic nitrogens is 3. The zero-order chi connectivity index (χ0) is 33.1. The lowest BCUT2D eigenvalue weighted by atomic mass is 10.1. The molecule has 2 aliphatic heterocycles. The number of aliphatic hydroxyl groups is 1. The average Bonchev–Trinajstić information content (AvgIpc) is 3.75. The number of β-amino-alcohol motifs (C(OH)–C–C–N with tert-alkyl or cyclic N) is 1. The fourth-order valence-electron chi connectivity index (χ4n) is 5.66. The molecular weight excluding hydrogens is 640 g/mol. The molecule has 2 aliphatic rings. The molecule has 0 spiro atoms. The second kappa shape index (κ2) is 14.0. The number of amides is 2. The molecule has 6 rings (SSSR count). The summed E-state index contributed by atoms with van der Waals surface area (Å²) < 4.78 is 5.58. The highest BCUT2D eigenvalue weighted by molar-refractivity contribution is 7.17. The van der Waals surface area contributed by atoms with Crippen molar-refractivity contribution in [3.63, 3.8) is 0 Å². The third kappa shape index (κ3) is 7.02. The number of carbonyl (C=O) groups is 2. The third-order valence-electron chi connectivity index (χ3n) is 8.21. The maximum Gasteiger partial charge on any atom is 0.267 e. The van der Waals surface area contributed by atoms with E-state index in [0.717, 1.165) is 22.6 Å². The van der Waals surface area contributed by atoms with Crippen molar-refractivity contribution < 1.29 is 19.4 Å². The highest BCUT2D eigenvalue weighted by Gasteiger charge is 2.28. The van der Waals surface area contributed by atoms with Gasteiger partial charge in [-0.1, -0.05) is 41.6 Å². The number of benzene rings is 1. The van der Waals surface area contributed by atoms with Crippen LogP contribution in [-0.4, -0.2) is 89.3 Å². The highest BCUT2D eigenvalue weighted by Crippen LogP contribution is 2.36. The number of para-hydroxylation sites is 1. The number of nitrogens with one attached hydrogen (secondary N) is 2. The van der Waals surface area contributed by atoms with Gasteiger partial charge >= 0.3 is 0 Å². The van der Waals surface area contributed by atoms with Gasteiger partial charge in [-0.15, -0.1) is 0 Å². The van der Waals surface area contributed by atoms with E-state index in [4.69, 9.17) is 26.3 Å². The predicted octanol–water partition coefficient (Wildman–Crippen LogP) is 4.97. The summed E-state index contributed by atoms with van der Waals surface area (Å²) >= 11 is 7.47. The van der Waals surface area contributed by atoms with E-state index in [1.165, 1.54) is 23.6 Å². The minimum atomic E-state index is -0.414. The molecule has 244 valence electrons. The van der Waals surface area contributed by atoms with E-state index >= 15 is 0 Å². The number of carbonyl (C=O) groups excluding carboxylic acids is 2. The van der Waals surface area contributed by atoms with Gasteiger partial charge in [-0.25, -0.2) is 15.0 Å². The molecule has 3 N–H and O–H groups in total. The van der Waals surface area contributed by atoms with Gasteiger partial charge in [0.05, 0.1) is 41.5 Å². The molecular formula is C33H35ClN8O4S. The summed E-state index contributed by atoms with van der Waals surface area (Å²) in [5, 5.41) is 17.3. The lowest BCUT2D eigenvalue weighted by Crippen LogP contribution is -2.49. The quantitative estimate of drug-likeness (QED) is 0.209. The van der Waals surface area contributed by atoms with Crippen molar-refractivity contribution in [3.8, 4) is 17.0 Å². The van der Waals surface area contributed by atoms with Crippen LogP contribution in [0, 0.1) is 6.92 Å². The molecule has 1 aromatic carbocycles. The van der Waals surface area contributed by atoms with Gasteiger partial charge < -0.3 is 35.2 Å². The Kier molecular flexibility index (Phi) is 9.57. The van der Waals surface area contributed by atoms with Crippen molar-refractivity contribution >= 4 is 62.9 Å². The van der Waals surface area contributed by atoms with E-state index in [1.807, 2.05) is 37.3 Å². The first-order chi connectivity index (χ1) is 22.7. The van der Waals surface area contributed by atoms with Crippen LogP contribution < -0.4 is 25.2 Å². The summed E-state index contributed by atoms with van der Waals surface area (Å²) in [7, 11) is 1.56. The predicted molar refractivity (Wildman–Crippen MR) is 185 cm³/mol. The van der Waals surface area contributed by atoms with E-state index in [-0.39, 0.29) is 11.8 Å². The standard InChI is InChI=1S/C33H35ClN8O4S/c1-4-28(44)40-12-14-41(15-13-40)31-25(42-11-10-22(43)19-42)16-21(17-35-31)24-8-9-26(46-3)30(37-24)39-33-36-18-27(47-33)32(45)38-29-20(2)6-5-7-23(29)34/h4-9,16-18,22,43H,1,10-15,19H2,2-3H3,(H,38,45)(H,36,37,39)/t22-/m0/s1. The summed E-state index contributed by atoms with van der Waals surface area (Å²) in [6, 6.07) is 11.1. The van der Waals surface area contributed by atoms with E-state index in [9.17, 15) is 14.7 Å². The molecule has 2 amide bonds. The fourth-order valence-corrected chi connectivity index (χ4v) is 6.64. The number of aliphatic hydroxyl groups excluding tert-OH is 1. The Morgan fingerprint density at radius 2 is 1.91 bits per heavy atom. The van der Waals surface area contributed by atoms with Crippen LogP contribution in [-0.2, 0) is 4.79 Å². The topological polar surface area (TPSA) is 136 Å². The van der Waals surface area contributed by atoms with Crippen LogP contribution in [0.25, 0.3) is 11.3 Å². The van der Waals surface area contributed by atoms with Crippen LogP contribution in [0.3, 0.4) is 0 Å². The van der Waals surface area contributed by atoms with E-state index in [1.54, 1.807) is 24.3 Å². The van der Waals surface area contributed by atoms with E-state index in [0.29, 0.717) is 83.7 Å². The second-order valence-corrected chi connectivity index (χ2v) is 12.7. The lowest BCUT2D eigenvalue weighted by molar-refractivity contribution is -0.126. The van der Waals surface area contributed by atoms with Crippen molar-refractivity contribution in [2.75, 3.05) is 66.8 Å². The highest BCUT2D eigenvalue weighted by atomic mass is 35.5. The zero-order valence-corrected chi connectivity index (χ0v) is 27.6. The molecule has 0 radical (unpaired) electrons. The fraction of sp³-hybridized carbons (Fsp3) is 0.303. The molecule has 1 atom stereocenters. The van der Waals surface area contributed by atoms with Gasteiger partial charge in [-0.05, 0) is 49.2 Å². The van der Waals surface area contributed by atoms with Crippen molar-refractivity contribution in [1.29, 1.82) is 0 Å². The first kappa shape index (κ1) is 32.2. The summed E-state index contributed by atoms with van der Waals surface area (Å²) in [5.74, 6) is 1.34. The largest absolute Gasteiger partial charge is 0.493 e. The minimum absolute atomic E-state index is 0.0738. The summed E-state index contributed by atoms with van der Waals surface area (Å²) in [6.07, 6.45) is 4.89. The molecule has 2 fully saturated rings. The van der Waals surface area contributed by atoms with Crippen LogP contribution in [0.2, 0.25) is 5.02 Å². The van der Waals surface area contributed by atoms with Crippen LogP contribution >= 0.6 is 22.9 Å². The van der Waals surface area contributed by atoms with Gasteiger partial charge in [-0.3, -0.25) is 9.59 Å². The van der Waals surface area contributed by atoms with Gasteiger partial charge in [0.15, 0.2) is 22.5 Å². The Labute approximate surface area is 281 Å². The minimum Gasteiger partial charge on any atom is -0.493 e. The molecule has 2 saturated heterocycles. The normalized spacial score (nSPS) is 16.3. The molecule has 0 bridgehead atoms. The van der Waals surface area contributed by atoms with Gasteiger partial charge in [0, 0.05) is 51.0 Å². The number of halogens is 1. The number of rotatable bonds is 9. The number of ether oxygens (including phenoxy) is 1. The number of hydrogen-bond acceptors (Lipinski definition) is 11. The Morgan fingerprint density at radius 1 is 1.11 bits per heavy atom. The zero-order valence-electron chi connectivity index (χ0n) is 26.1. The number of piperazine rings is 1. The Bertz CT molecular complexity index is 1790. The molecule has 0 unspecified atom stereocenters. The Balaban J connectivity index is 1.25. The van der Waals surface area contributed by atoms with Crippen molar-refractivity contribution in [2.45, 2.75) is 19.4 Å². The van der Waals surface area contributed by atoms with Crippen LogP contribution in [0.5, 0.6) is 5.75 Å². The number of hydrogen-bond donors (Lipinski definition) is 3. The number of pyridine rings is 2. The Morgan fingerprint density at radius 3 is 2.62 bits per heavy atom. The molecule has 4 aromatic rings. The second-order valence-electron chi connectivity index (χ2n) is 11.3. The first-order valence-electron chi connectivity index (χ1n) is 15.2. The SMILES string of the molecule is C=CC(=O)N1CCN(c2ncc(-c3ccc(OC)c(Nc4ncc(C(=O)Nc5c(C)cccc5Cl)s4)n3)cc2N2CC[C@H](O)C2)CC1. The number of aryl methyl sites for hydroxylation is 1. The van der Waals surface area contributed by atoms with E-state index < -0.39 is 6.10 Å². The van der Waals surface area contributed by atoms with Gasteiger partial charge in [0.2, 0.25) is 5.91 Å². The molecule has 14 heteroatoms. The summed E-state index contributed by atoms with van der Waals surface area (Å²) in [4.78, 5) is 45.8. The first-order valence-corrected chi connectivity index (χ1v) is 16.4. The van der Waals surface area contributed by atoms with E-state index in [2.05, 4.69) is 32.0 Å². The van der Waals surface area contributed by atoms with Gasteiger partial charge in [-0.2, -0.15) is 0 Å². The number of anilines is 5. The monoisotopic (exact) mass is 674 g/mol. The molecule has 0 aliphatic carbocycles. The maximum atomic E-state index is 13.0. The van der Waals surface area contributed by atoms with Crippen molar-refractivity contribution in [1.82, 2.24) is 19.9 Å². The molecule has 5 heterocycles. The van der Waals surface area contributed by atoms with Gasteiger partial charge in [0.25, 0.3) is 5.91 Å². The Hall–Kier alpha value is -4.72. The molecule has 0 saturated carbocycles. The van der Waals surface area contributed by atoms with Crippen molar-refractivity contribution in [2.24, 2.45) is 0 Å². The average molecular weight is 675 g/mol. The van der Waals surface area contributed by atoms with Crippen LogP contribution in [0.15, 0.2) is 61.4 Å². The van der Waals surface area contributed by atoms with Gasteiger partial charge in [0.1, 0.15) is 4.88 Å². The summed E-state index contributed by atoms with van der Waals surface area (Å²) in [6.45, 7) is 9.11. The molecule has 3 aromatic heterocycles. The molecule has 12 nitrogen and oxygen atoms in total. The number of thiazole rings is 1. The van der Waals surface area contributed by atoms with Crippen LogP contribution in [0.1, 0.15) is 21.7 Å². The maximum absolute atomic E-state index is 13.0. The van der Waals surface area contributed by atoms with Crippen LogP contribution in [0.4, 0.5) is 28.1 Å². The summed E-state index contributed by atoms with van der Waals surface area (Å²) in [5.41, 5.74) is 3.75. The number of nitrogens with zero attached hydrogens (tertiary/aromatic N) is 6.